The Balaban J connectivity index is 1.20. The molecule has 1 N–H and O–H groups in total. The molecule has 1 fully saturated rings. The largest absolute Gasteiger partial charge is 0.367 e. The zero-order valence-electron chi connectivity index (χ0n) is 19.5. The second-order valence-corrected chi connectivity index (χ2v) is 8.56. The van der Waals surface area contributed by atoms with E-state index < -0.39 is 0 Å². The highest BCUT2D eigenvalue weighted by Gasteiger charge is 2.20. The number of rotatable bonds is 7. The summed E-state index contributed by atoms with van der Waals surface area (Å²) in [5, 5.41) is 7.63. The van der Waals surface area contributed by atoms with Gasteiger partial charge < -0.3 is 10.2 Å². The highest BCUT2D eigenvalue weighted by atomic mass is 19.1. The maximum absolute atomic E-state index is 14.1. The third-order valence-electron chi connectivity index (χ3n) is 6.29. The predicted octanol–water partition coefficient (Wildman–Crippen LogP) is 4.23. The van der Waals surface area contributed by atoms with Crippen molar-refractivity contribution >= 4 is 11.6 Å². The van der Waals surface area contributed by atoms with Gasteiger partial charge in [0.25, 0.3) is 5.91 Å². The van der Waals surface area contributed by atoms with Crippen LogP contribution in [0.4, 0.5) is 10.1 Å². The number of nitrogens with one attached hydrogen (secondary N) is 1. The van der Waals surface area contributed by atoms with Crippen molar-refractivity contribution < 1.29 is 9.18 Å². The molecule has 0 radical (unpaired) electrons. The van der Waals surface area contributed by atoms with Gasteiger partial charge in [0, 0.05) is 44.8 Å². The highest BCUT2D eigenvalue weighted by molar-refractivity contribution is 5.93. The van der Waals surface area contributed by atoms with E-state index in [4.69, 9.17) is 0 Å². The molecule has 0 saturated carbocycles. The lowest BCUT2D eigenvalue weighted by Crippen LogP contribution is -2.48. The Morgan fingerprint density at radius 1 is 0.857 bits per heavy atom. The molecule has 0 spiro atoms. The third-order valence-corrected chi connectivity index (χ3v) is 6.29. The number of benzene rings is 3. The molecule has 4 aromatic rings. The summed E-state index contributed by atoms with van der Waals surface area (Å²) in [5.74, 6) is -0.375. The van der Waals surface area contributed by atoms with Gasteiger partial charge in [0.15, 0.2) is 5.69 Å². The summed E-state index contributed by atoms with van der Waals surface area (Å²) in [6.07, 6.45) is 0. The molecule has 1 saturated heterocycles. The van der Waals surface area contributed by atoms with Gasteiger partial charge in [-0.25, -0.2) is 9.07 Å². The fourth-order valence-electron chi connectivity index (χ4n) is 4.41. The van der Waals surface area contributed by atoms with E-state index in [0.717, 1.165) is 49.7 Å². The van der Waals surface area contributed by atoms with Gasteiger partial charge in [-0.15, -0.1) is 0 Å². The number of aromatic nitrogens is 2. The molecule has 35 heavy (non-hydrogen) atoms. The predicted molar refractivity (Wildman–Crippen MR) is 136 cm³/mol. The molecule has 7 heteroatoms. The van der Waals surface area contributed by atoms with E-state index in [-0.39, 0.29) is 11.7 Å². The number of piperazine rings is 1. The standard InChI is InChI=1S/C28H28FN5O/c29-24-13-7-8-14-26(24)33-19-17-32(18-20-33)16-15-30-28(35)25-21-27(22-9-3-1-4-10-22)34(31-25)23-11-5-2-6-12-23/h1-14,21H,15-20H2,(H,30,35). The summed E-state index contributed by atoms with van der Waals surface area (Å²) in [7, 11) is 0. The zero-order chi connectivity index (χ0) is 24.0. The number of para-hydroxylation sites is 2. The summed E-state index contributed by atoms with van der Waals surface area (Å²) >= 11 is 0. The topological polar surface area (TPSA) is 53.4 Å². The minimum atomic E-state index is -0.193. The molecule has 0 bridgehead atoms. The third kappa shape index (κ3) is 5.25. The van der Waals surface area contributed by atoms with Crippen molar-refractivity contribution in [2.45, 2.75) is 0 Å². The van der Waals surface area contributed by atoms with Gasteiger partial charge in [0.1, 0.15) is 5.82 Å². The maximum Gasteiger partial charge on any atom is 0.271 e. The van der Waals surface area contributed by atoms with Crippen LogP contribution in [0.1, 0.15) is 10.5 Å². The molecule has 2 heterocycles. The number of hydrogen-bond donors (Lipinski definition) is 1. The average Bonchev–Trinajstić information content (AvgIpc) is 3.36. The molecule has 6 nitrogen and oxygen atoms in total. The monoisotopic (exact) mass is 469 g/mol. The quantitative estimate of drug-likeness (QED) is 0.440. The van der Waals surface area contributed by atoms with E-state index >= 15 is 0 Å². The molecule has 1 aliphatic heterocycles. The lowest BCUT2D eigenvalue weighted by molar-refractivity contribution is 0.0942. The van der Waals surface area contributed by atoms with Gasteiger partial charge >= 0.3 is 0 Å². The lowest BCUT2D eigenvalue weighted by Gasteiger charge is -2.36. The Morgan fingerprint density at radius 3 is 2.23 bits per heavy atom. The fourth-order valence-corrected chi connectivity index (χ4v) is 4.41. The van der Waals surface area contributed by atoms with E-state index in [9.17, 15) is 9.18 Å². The number of halogens is 1. The van der Waals surface area contributed by atoms with Gasteiger partial charge in [0.2, 0.25) is 0 Å². The average molecular weight is 470 g/mol. The maximum atomic E-state index is 14.1. The van der Waals surface area contributed by atoms with Crippen molar-refractivity contribution in [3.63, 3.8) is 0 Å². The molecule has 0 aliphatic carbocycles. The van der Waals surface area contributed by atoms with E-state index in [1.807, 2.05) is 83.5 Å². The first kappa shape index (κ1) is 22.8. The number of carbonyl (C=O) groups excluding carboxylic acids is 1. The van der Waals surface area contributed by atoms with Gasteiger partial charge in [-0.3, -0.25) is 9.69 Å². The van der Waals surface area contributed by atoms with Crippen LogP contribution in [0.15, 0.2) is 91.0 Å². The van der Waals surface area contributed by atoms with Crippen LogP contribution in [0.2, 0.25) is 0 Å². The summed E-state index contributed by atoms with van der Waals surface area (Å²) in [6.45, 7) is 4.43. The second kappa shape index (κ2) is 10.5. The first-order chi connectivity index (χ1) is 17.2. The Bertz CT molecular complexity index is 1210. The molecule has 178 valence electrons. The summed E-state index contributed by atoms with van der Waals surface area (Å²) in [5.41, 5.74) is 3.81. The molecule has 3 aromatic carbocycles. The van der Waals surface area contributed by atoms with E-state index in [0.29, 0.717) is 17.9 Å². The number of nitrogens with zero attached hydrogens (tertiary/aromatic N) is 4. The molecule has 1 aliphatic rings. The summed E-state index contributed by atoms with van der Waals surface area (Å²) < 4.78 is 15.9. The highest BCUT2D eigenvalue weighted by Crippen LogP contribution is 2.24. The van der Waals surface area contributed by atoms with Crippen molar-refractivity contribution in [2.24, 2.45) is 0 Å². The first-order valence-corrected chi connectivity index (χ1v) is 11.9. The van der Waals surface area contributed by atoms with Crippen LogP contribution in [-0.4, -0.2) is 59.9 Å². The molecule has 1 amide bonds. The van der Waals surface area contributed by atoms with Crippen LogP contribution in [0.25, 0.3) is 16.9 Å². The Labute approximate surface area is 204 Å². The van der Waals surface area contributed by atoms with Crippen LogP contribution in [-0.2, 0) is 0 Å². The number of amides is 1. The van der Waals surface area contributed by atoms with Crippen LogP contribution in [0, 0.1) is 5.82 Å². The van der Waals surface area contributed by atoms with Crippen molar-refractivity contribution in [3.05, 3.63) is 103 Å². The van der Waals surface area contributed by atoms with E-state index in [2.05, 4.69) is 20.2 Å². The number of anilines is 1. The smallest absolute Gasteiger partial charge is 0.271 e. The minimum Gasteiger partial charge on any atom is -0.367 e. The SMILES string of the molecule is O=C(NCCN1CCN(c2ccccc2F)CC1)c1cc(-c2ccccc2)n(-c2ccccc2)n1. The normalized spacial score (nSPS) is 14.1. The fraction of sp³-hybridized carbons (Fsp3) is 0.214. The molecule has 0 atom stereocenters. The number of hydrogen-bond acceptors (Lipinski definition) is 4. The van der Waals surface area contributed by atoms with E-state index in [1.54, 1.807) is 6.07 Å². The van der Waals surface area contributed by atoms with E-state index in [1.165, 1.54) is 6.07 Å². The Kier molecular flexibility index (Phi) is 6.86. The van der Waals surface area contributed by atoms with Crippen molar-refractivity contribution in [1.82, 2.24) is 20.0 Å². The van der Waals surface area contributed by atoms with Crippen molar-refractivity contribution in [3.8, 4) is 16.9 Å². The Hall–Kier alpha value is -3.97. The molecule has 5 rings (SSSR count). The van der Waals surface area contributed by atoms with Gasteiger partial charge in [-0.1, -0.05) is 60.7 Å². The van der Waals surface area contributed by atoms with Crippen molar-refractivity contribution in [1.29, 1.82) is 0 Å². The lowest BCUT2D eigenvalue weighted by atomic mass is 10.1. The molecule has 0 unspecified atom stereocenters. The molecular formula is C28H28FN5O. The zero-order valence-corrected chi connectivity index (χ0v) is 19.5. The van der Waals surface area contributed by atoms with Crippen molar-refractivity contribution in [2.75, 3.05) is 44.2 Å². The first-order valence-electron chi connectivity index (χ1n) is 11.9. The Morgan fingerprint density at radius 2 is 1.51 bits per heavy atom. The molecular weight excluding hydrogens is 441 g/mol. The number of carbonyl (C=O) groups is 1. The van der Waals surface area contributed by atoms with Gasteiger partial charge in [0.05, 0.1) is 17.1 Å². The second-order valence-electron chi connectivity index (χ2n) is 8.56. The van der Waals surface area contributed by atoms with Crippen LogP contribution >= 0.6 is 0 Å². The minimum absolute atomic E-state index is 0.182. The van der Waals surface area contributed by atoms with Gasteiger partial charge in [-0.2, -0.15) is 5.10 Å². The summed E-state index contributed by atoms with van der Waals surface area (Å²) in [4.78, 5) is 17.3. The summed E-state index contributed by atoms with van der Waals surface area (Å²) in [6, 6.07) is 28.5. The van der Waals surface area contributed by atoms with Crippen LogP contribution < -0.4 is 10.2 Å². The molecule has 1 aromatic heterocycles. The van der Waals surface area contributed by atoms with Gasteiger partial charge in [-0.05, 0) is 30.3 Å². The van der Waals surface area contributed by atoms with Crippen LogP contribution in [0.3, 0.4) is 0 Å². The van der Waals surface area contributed by atoms with Crippen LogP contribution in [0.5, 0.6) is 0 Å².